The van der Waals surface area contributed by atoms with E-state index in [1.54, 1.807) is 0 Å². The van der Waals surface area contributed by atoms with Crippen LogP contribution in [-0.4, -0.2) is 49.3 Å². The summed E-state index contributed by atoms with van der Waals surface area (Å²) in [5, 5.41) is 3.60. The SMILES string of the molecule is CCC1CCN(CC2CCC(CNC3CC3)O2)CC1. The summed E-state index contributed by atoms with van der Waals surface area (Å²) in [7, 11) is 0. The predicted octanol–water partition coefficient (Wildman–Crippen LogP) is 2.41. The largest absolute Gasteiger partial charge is 0.372 e. The van der Waals surface area contributed by atoms with Gasteiger partial charge in [-0.3, -0.25) is 0 Å². The standard InChI is InChI=1S/C16H30N2O/c1-2-13-7-9-18(10-8-13)12-16-6-5-15(19-16)11-17-14-3-4-14/h13-17H,2-12H2,1H3. The highest BCUT2D eigenvalue weighted by Crippen LogP contribution is 2.25. The predicted molar refractivity (Wildman–Crippen MR) is 78.4 cm³/mol. The Morgan fingerprint density at radius 3 is 2.42 bits per heavy atom. The van der Waals surface area contributed by atoms with E-state index in [0.717, 1.165) is 18.5 Å². The molecule has 110 valence electrons. The molecule has 0 aromatic carbocycles. The summed E-state index contributed by atoms with van der Waals surface area (Å²) in [5.41, 5.74) is 0. The van der Waals surface area contributed by atoms with Crippen LogP contribution in [0.4, 0.5) is 0 Å². The summed E-state index contributed by atoms with van der Waals surface area (Å²) in [4.78, 5) is 2.63. The van der Waals surface area contributed by atoms with Crippen molar-refractivity contribution in [3.63, 3.8) is 0 Å². The molecule has 2 unspecified atom stereocenters. The van der Waals surface area contributed by atoms with Crippen LogP contribution >= 0.6 is 0 Å². The third kappa shape index (κ3) is 4.17. The number of nitrogens with one attached hydrogen (secondary N) is 1. The molecule has 3 aliphatic rings. The van der Waals surface area contributed by atoms with Crippen LogP contribution in [0, 0.1) is 5.92 Å². The fourth-order valence-corrected chi connectivity index (χ4v) is 3.52. The Balaban J connectivity index is 1.32. The van der Waals surface area contributed by atoms with Crippen LogP contribution in [0.15, 0.2) is 0 Å². The van der Waals surface area contributed by atoms with Crippen LogP contribution in [0.2, 0.25) is 0 Å². The second-order valence-corrected chi connectivity index (χ2v) is 6.79. The van der Waals surface area contributed by atoms with E-state index in [9.17, 15) is 0 Å². The molecule has 2 atom stereocenters. The van der Waals surface area contributed by atoms with Gasteiger partial charge in [-0.25, -0.2) is 0 Å². The molecule has 0 bridgehead atoms. The van der Waals surface area contributed by atoms with Gasteiger partial charge in [0.25, 0.3) is 0 Å². The summed E-state index contributed by atoms with van der Waals surface area (Å²) in [5.74, 6) is 0.983. The fraction of sp³-hybridized carbons (Fsp3) is 1.00. The second kappa shape index (κ2) is 6.55. The first-order valence-electron chi connectivity index (χ1n) is 8.44. The number of ether oxygens (including phenoxy) is 1. The molecular formula is C16H30N2O. The van der Waals surface area contributed by atoms with Gasteiger partial charge in [-0.05, 0) is 57.5 Å². The maximum Gasteiger partial charge on any atom is 0.0707 e. The molecule has 2 heterocycles. The molecule has 0 spiro atoms. The minimum atomic E-state index is 0.485. The van der Waals surface area contributed by atoms with Gasteiger partial charge < -0.3 is 15.0 Å². The van der Waals surface area contributed by atoms with Gasteiger partial charge in [0.05, 0.1) is 12.2 Å². The molecule has 3 nitrogen and oxygen atoms in total. The van der Waals surface area contributed by atoms with Crippen molar-refractivity contribution in [2.75, 3.05) is 26.2 Å². The monoisotopic (exact) mass is 266 g/mol. The molecule has 0 amide bonds. The van der Waals surface area contributed by atoms with Crippen molar-refractivity contribution >= 4 is 0 Å². The number of piperidine rings is 1. The van der Waals surface area contributed by atoms with Gasteiger partial charge in [0, 0.05) is 19.1 Å². The number of hydrogen-bond acceptors (Lipinski definition) is 3. The zero-order chi connectivity index (χ0) is 13.1. The Kier molecular flexibility index (Phi) is 4.78. The van der Waals surface area contributed by atoms with E-state index in [4.69, 9.17) is 4.74 Å². The average Bonchev–Trinajstić information content (AvgIpc) is 3.17. The zero-order valence-corrected chi connectivity index (χ0v) is 12.4. The van der Waals surface area contributed by atoms with E-state index >= 15 is 0 Å². The van der Waals surface area contributed by atoms with Crippen LogP contribution < -0.4 is 5.32 Å². The Hall–Kier alpha value is -0.120. The van der Waals surface area contributed by atoms with Crippen LogP contribution in [0.5, 0.6) is 0 Å². The highest BCUT2D eigenvalue weighted by Gasteiger charge is 2.29. The maximum absolute atomic E-state index is 6.19. The van der Waals surface area contributed by atoms with Crippen LogP contribution in [0.3, 0.4) is 0 Å². The highest BCUT2D eigenvalue weighted by atomic mass is 16.5. The van der Waals surface area contributed by atoms with E-state index in [2.05, 4.69) is 17.1 Å². The molecule has 0 aromatic rings. The molecule has 3 heteroatoms. The molecule has 3 fully saturated rings. The Labute approximate surface area is 118 Å². The minimum Gasteiger partial charge on any atom is -0.372 e. The van der Waals surface area contributed by atoms with Crippen LogP contribution in [-0.2, 0) is 4.74 Å². The average molecular weight is 266 g/mol. The van der Waals surface area contributed by atoms with Crippen molar-refractivity contribution in [3.8, 4) is 0 Å². The smallest absolute Gasteiger partial charge is 0.0707 e. The van der Waals surface area contributed by atoms with Crippen LogP contribution in [0.25, 0.3) is 0 Å². The first-order chi connectivity index (χ1) is 9.33. The van der Waals surface area contributed by atoms with E-state index in [0.29, 0.717) is 12.2 Å². The third-order valence-electron chi connectivity index (χ3n) is 5.15. The quantitative estimate of drug-likeness (QED) is 0.799. The molecule has 3 rings (SSSR count). The van der Waals surface area contributed by atoms with Crippen molar-refractivity contribution in [2.24, 2.45) is 5.92 Å². The molecule has 2 aliphatic heterocycles. The number of likely N-dealkylation sites (tertiary alicyclic amines) is 1. The number of hydrogen-bond donors (Lipinski definition) is 1. The van der Waals surface area contributed by atoms with E-state index in [-0.39, 0.29) is 0 Å². The van der Waals surface area contributed by atoms with Crippen molar-refractivity contribution in [1.82, 2.24) is 10.2 Å². The Bertz CT molecular complexity index is 272. The van der Waals surface area contributed by atoms with Crippen molar-refractivity contribution in [1.29, 1.82) is 0 Å². The second-order valence-electron chi connectivity index (χ2n) is 6.79. The van der Waals surface area contributed by atoms with Gasteiger partial charge >= 0.3 is 0 Å². The zero-order valence-electron chi connectivity index (χ0n) is 12.4. The normalized spacial score (nSPS) is 33.9. The molecule has 1 aliphatic carbocycles. The lowest BCUT2D eigenvalue weighted by Gasteiger charge is -2.33. The lowest BCUT2D eigenvalue weighted by atomic mass is 9.94. The van der Waals surface area contributed by atoms with Gasteiger partial charge in [-0.2, -0.15) is 0 Å². The van der Waals surface area contributed by atoms with E-state index in [1.165, 1.54) is 64.6 Å². The summed E-state index contributed by atoms with van der Waals surface area (Å²) in [6.07, 6.45) is 10.4. The lowest BCUT2D eigenvalue weighted by molar-refractivity contribution is 0.0164. The van der Waals surface area contributed by atoms with Gasteiger partial charge in [-0.1, -0.05) is 13.3 Å². The fourth-order valence-electron chi connectivity index (χ4n) is 3.52. The summed E-state index contributed by atoms with van der Waals surface area (Å²) >= 11 is 0. The van der Waals surface area contributed by atoms with Crippen LogP contribution in [0.1, 0.15) is 51.9 Å². The molecule has 19 heavy (non-hydrogen) atoms. The molecule has 1 saturated carbocycles. The molecule has 0 radical (unpaired) electrons. The Morgan fingerprint density at radius 1 is 1.00 bits per heavy atom. The van der Waals surface area contributed by atoms with Gasteiger partial charge in [0.2, 0.25) is 0 Å². The molecule has 2 saturated heterocycles. The Morgan fingerprint density at radius 2 is 1.74 bits per heavy atom. The summed E-state index contributed by atoms with van der Waals surface area (Å²) < 4.78 is 6.19. The van der Waals surface area contributed by atoms with Crippen molar-refractivity contribution < 1.29 is 4.74 Å². The molecule has 0 aromatic heterocycles. The summed E-state index contributed by atoms with van der Waals surface area (Å²) in [6.45, 7) is 7.18. The van der Waals surface area contributed by atoms with E-state index < -0.39 is 0 Å². The number of rotatable bonds is 6. The first kappa shape index (κ1) is 13.8. The van der Waals surface area contributed by atoms with Crippen molar-refractivity contribution in [3.05, 3.63) is 0 Å². The minimum absolute atomic E-state index is 0.485. The molecular weight excluding hydrogens is 236 g/mol. The first-order valence-corrected chi connectivity index (χ1v) is 8.44. The molecule has 1 N–H and O–H groups in total. The topological polar surface area (TPSA) is 24.5 Å². The van der Waals surface area contributed by atoms with Gasteiger partial charge in [-0.15, -0.1) is 0 Å². The third-order valence-corrected chi connectivity index (χ3v) is 5.15. The van der Waals surface area contributed by atoms with E-state index in [1.807, 2.05) is 0 Å². The number of nitrogens with zero attached hydrogens (tertiary/aromatic N) is 1. The van der Waals surface area contributed by atoms with Crippen molar-refractivity contribution in [2.45, 2.75) is 70.1 Å². The van der Waals surface area contributed by atoms with Gasteiger partial charge in [0.15, 0.2) is 0 Å². The lowest BCUT2D eigenvalue weighted by Crippen LogP contribution is -2.39. The maximum atomic E-state index is 6.19. The van der Waals surface area contributed by atoms with Gasteiger partial charge in [0.1, 0.15) is 0 Å². The summed E-state index contributed by atoms with van der Waals surface area (Å²) in [6, 6.07) is 0.815. The highest BCUT2D eigenvalue weighted by molar-refractivity contribution is 4.85.